The maximum atomic E-state index is 12.8. The summed E-state index contributed by atoms with van der Waals surface area (Å²) in [6.07, 6.45) is -3.05. The van der Waals surface area contributed by atoms with Crippen LogP contribution < -0.4 is 5.32 Å². The van der Waals surface area contributed by atoms with Crippen LogP contribution in [-0.2, 0) is 17.5 Å². The van der Waals surface area contributed by atoms with E-state index in [0.29, 0.717) is 12.3 Å². The van der Waals surface area contributed by atoms with Crippen LogP contribution in [0, 0.1) is 0 Å². The van der Waals surface area contributed by atoms with Crippen LogP contribution in [0.25, 0.3) is 0 Å². The van der Waals surface area contributed by atoms with E-state index >= 15 is 0 Å². The van der Waals surface area contributed by atoms with Crippen molar-refractivity contribution >= 4 is 23.2 Å². The minimum Gasteiger partial charge on any atom is -0.468 e. The zero-order valence-electron chi connectivity index (χ0n) is 12.2. The second-order valence-corrected chi connectivity index (χ2v) is 5.40. The molecule has 23 heavy (non-hydrogen) atoms. The molecule has 1 amide bonds. The summed E-state index contributed by atoms with van der Waals surface area (Å²) in [5.74, 6) is 0.251. The normalized spacial score (nSPS) is 11.7. The third-order valence-corrected chi connectivity index (χ3v) is 3.30. The Morgan fingerprint density at radius 3 is 2.70 bits per heavy atom. The monoisotopic (exact) mass is 346 g/mol. The van der Waals surface area contributed by atoms with Gasteiger partial charge < -0.3 is 9.73 Å². The molecule has 0 fully saturated rings. The highest BCUT2D eigenvalue weighted by molar-refractivity contribution is 6.31. The Morgan fingerprint density at radius 2 is 2.09 bits per heavy atom. The van der Waals surface area contributed by atoms with Gasteiger partial charge in [0.15, 0.2) is 0 Å². The Labute approximate surface area is 135 Å². The van der Waals surface area contributed by atoms with Gasteiger partial charge in [0.2, 0.25) is 5.91 Å². The fourth-order valence-electron chi connectivity index (χ4n) is 1.99. The van der Waals surface area contributed by atoms with E-state index in [1.165, 1.54) is 12.3 Å². The van der Waals surface area contributed by atoms with E-state index in [9.17, 15) is 18.0 Å². The number of hydrogen-bond donors (Lipinski definition) is 1. The van der Waals surface area contributed by atoms with Crippen LogP contribution in [0.5, 0.6) is 0 Å². The molecule has 2 rings (SSSR count). The standard InChI is InChI=1S/C15H14ClF3N2O2/c1-21(8-11-3-2-6-23-11)9-14(22)20-10-4-5-13(16)12(7-10)15(17,18)19/h2-7H,8-9H2,1H3,(H,20,22). The molecule has 0 aliphatic heterocycles. The summed E-state index contributed by atoms with van der Waals surface area (Å²) in [6, 6.07) is 6.74. The molecule has 0 aliphatic rings. The molecular formula is C15H14ClF3N2O2. The van der Waals surface area contributed by atoms with Crippen LogP contribution in [0.2, 0.25) is 5.02 Å². The molecule has 0 bridgehead atoms. The van der Waals surface area contributed by atoms with Gasteiger partial charge in [-0.3, -0.25) is 9.69 Å². The van der Waals surface area contributed by atoms with E-state index in [1.54, 1.807) is 24.1 Å². The molecule has 2 aromatic rings. The molecule has 8 heteroatoms. The van der Waals surface area contributed by atoms with Crippen LogP contribution in [-0.4, -0.2) is 24.4 Å². The number of rotatable bonds is 5. The molecule has 0 spiro atoms. The van der Waals surface area contributed by atoms with Gasteiger partial charge in [-0.05, 0) is 37.4 Å². The number of hydrogen-bond acceptors (Lipinski definition) is 3. The van der Waals surface area contributed by atoms with Crippen LogP contribution in [0.15, 0.2) is 41.0 Å². The molecule has 0 radical (unpaired) electrons. The summed E-state index contributed by atoms with van der Waals surface area (Å²) >= 11 is 5.53. The van der Waals surface area contributed by atoms with Gasteiger partial charge in [-0.25, -0.2) is 0 Å². The first-order valence-electron chi connectivity index (χ1n) is 6.63. The number of carbonyl (C=O) groups excluding carboxylic acids is 1. The first kappa shape index (κ1) is 17.4. The van der Waals surface area contributed by atoms with E-state index in [0.717, 1.165) is 12.1 Å². The quantitative estimate of drug-likeness (QED) is 0.889. The van der Waals surface area contributed by atoms with Crippen molar-refractivity contribution in [3.63, 3.8) is 0 Å². The Kier molecular flexibility index (Phi) is 5.33. The van der Waals surface area contributed by atoms with E-state index < -0.39 is 22.7 Å². The lowest BCUT2D eigenvalue weighted by Gasteiger charge is -2.16. The zero-order valence-corrected chi connectivity index (χ0v) is 12.9. The summed E-state index contributed by atoms with van der Waals surface area (Å²) in [6.45, 7) is 0.416. The van der Waals surface area contributed by atoms with Crippen LogP contribution in [0.3, 0.4) is 0 Å². The number of alkyl halides is 3. The molecule has 1 aromatic carbocycles. The lowest BCUT2D eigenvalue weighted by Crippen LogP contribution is -2.29. The molecule has 1 heterocycles. The van der Waals surface area contributed by atoms with Crippen molar-refractivity contribution in [3.8, 4) is 0 Å². The SMILES string of the molecule is CN(CC(=O)Nc1ccc(Cl)c(C(F)(F)F)c1)Cc1ccco1. The van der Waals surface area contributed by atoms with Gasteiger partial charge in [-0.1, -0.05) is 11.6 Å². The number of halogens is 4. The van der Waals surface area contributed by atoms with Crippen molar-refractivity contribution < 1.29 is 22.4 Å². The summed E-state index contributed by atoms with van der Waals surface area (Å²) in [5.41, 5.74) is -0.945. The lowest BCUT2D eigenvalue weighted by atomic mass is 10.2. The number of amides is 1. The van der Waals surface area contributed by atoms with Gasteiger partial charge in [-0.15, -0.1) is 0 Å². The van der Waals surface area contributed by atoms with Crippen molar-refractivity contribution in [1.29, 1.82) is 0 Å². The van der Waals surface area contributed by atoms with Crippen LogP contribution in [0.1, 0.15) is 11.3 Å². The number of nitrogens with zero attached hydrogens (tertiary/aromatic N) is 1. The predicted molar refractivity (Wildman–Crippen MR) is 80.1 cm³/mol. The molecule has 1 aromatic heterocycles. The second-order valence-electron chi connectivity index (χ2n) is 4.99. The van der Waals surface area contributed by atoms with Gasteiger partial charge in [0.1, 0.15) is 5.76 Å². The third-order valence-electron chi connectivity index (χ3n) is 2.97. The molecule has 0 atom stereocenters. The van der Waals surface area contributed by atoms with Crippen LogP contribution >= 0.6 is 11.6 Å². The first-order valence-corrected chi connectivity index (χ1v) is 7.01. The van der Waals surface area contributed by atoms with Crippen molar-refractivity contribution in [2.24, 2.45) is 0 Å². The first-order chi connectivity index (χ1) is 10.8. The molecule has 4 nitrogen and oxygen atoms in total. The summed E-state index contributed by atoms with van der Waals surface area (Å²) in [4.78, 5) is 13.6. The lowest BCUT2D eigenvalue weighted by molar-refractivity contribution is -0.137. The largest absolute Gasteiger partial charge is 0.468 e. The molecule has 1 N–H and O–H groups in total. The predicted octanol–water partition coefficient (Wildman–Crippen LogP) is 4.02. The van der Waals surface area contributed by atoms with Gasteiger partial charge in [0.05, 0.1) is 29.9 Å². The Morgan fingerprint density at radius 1 is 1.35 bits per heavy atom. The van der Waals surface area contributed by atoms with Crippen LogP contribution in [0.4, 0.5) is 18.9 Å². The highest BCUT2D eigenvalue weighted by Gasteiger charge is 2.33. The van der Waals surface area contributed by atoms with Gasteiger partial charge >= 0.3 is 6.18 Å². The topological polar surface area (TPSA) is 45.5 Å². The summed E-state index contributed by atoms with van der Waals surface area (Å²) in [5, 5.41) is 2.01. The third kappa shape index (κ3) is 5.01. The summed E-state index contributed by atoms with van der Waals surface area (Å²) in [7, 11) is 1.70. The number of likely N-dealkylation sites (N-methyl/N-ethyl adjacent to an activating group) is 1. The number of nitrogens with one attached hydrogen (secondary N) is 1. The molecule has 124 valence electrons. The molecule has 0 aliphatic carbocycles. The molecular weight excluding hydrogens is 333 g/mol. The van der Waals surface area contributed by atoms with E-state index in [2.05, 4.69) is 5.32 Å². The van der Waals surface area contributed by atoms with Crippen molar-refractivity contribution in [2.45, 2.75) is 12.7 Å². The Bertz CT molecular complexity index is 672. The molecule has 0 unspecified atom stereocenters. The number of anilines is 1. The maximum Gasteiger partial charge on any atom is 0.417 e. The second kappa shape index (κ2) is 7.06. The number of benzene rings is 1. The average molecular weight is 347 g/mol. The smallest absolute Gasteiger partial charge is 0.417 e. The van der Waals surface area contributed by atoms with Crippen molar-refractivity contribution in [1.82, 2.24) is 4.90 Å². The van der Waals surface area contributed by atoms with Gasteiger partial charge in [-0.2, -0.15) is 13.2 Å². The Balaban J connectivity index is 1.97. The Hall–Kier alpha value is -1.99. The van der Waals surface area contributed by atoms with Crippen molar-refractivity contribution in [2.75, 3.05) is 18.9 Å². The number of carbonyl (C=O) groups is 1. The van der Waals surface area contributed by atoms with Gasteiger partial charge in [0, 0.05) is 5.69 Å². The van der Waals surface area contributed by atoms with Crippen molar-refractivity contribution in [3.05, 3.63) is 52.9 Å². The maximum absolute atomic E-state index is 12.8. The van der Waals surface area contributed by atoms with Gasteiger partial charge in [0.25, 0.3) is 0 Å². The molecule has 0 saturated heterocycles. The minimum atomic E-state index is -4.58. The van der Waals surface area contributed by atoms with E-state index in [4.69, 9.17) is 16.0 Å². The minimum absolute atomic E-state index is 0.00464. The average Bonchev–Trinajstić information content (AvgIpc) is 2.92. The zero-order chi connectivity index (χ0) is 17.0. The highest BCUT2D eigenvalue weighted by Crippen LogP contribution is 2.36. The fourth-order valence-corrected chi connectivity index (χ4v) is 2.22. The van der Waals surface area contributed by atoms with E-state index in [1.807, 2.05) is 0 Å². The fraction of sp³-hybridized carbons (Fsp3) is 0.267. The highest BCUT2D eigenvalue weighted by atomic mass is 35.5. The molecule has 0 saturated carbocycles. The van der Waals surface area contributed by atoms with E-state index in [-0.39, 0.29) is 12.2 Å². The number of furan rings is 1. The summed E-state index contributed by atoms with van der Waals surface area (Å²) < 4.78 is 43.5.